The molecule has 70 valence electrons. The molecular formula is C8H15NO2S. The minimum absolute atomic E-state index is 0.176. The maximum atomic E-state index is 10.5. The lowest BCUT2D eigenvalue weighted by Crippen LogP contribution is -2.42. The van der Waals surface area contributed by atoms with Gasteiger partial charge >= 0.3 is 5.97 Å². The van der Waals surface area contributed by atoms with Gasteiger partial charge < -0.3 is 10.8 Å². The summed E-state index contributed by atoms with van der Waals surface area (Å²) in [6.07, 6.45) is 4.53. The number of hydrogen-bond acceptors (Lipinski definition) is 3. The van der Waals surface area contributed by atoms with Gasteiger partial charge in [-0.05, 0) is 18.8 Å². The maximum Gasteiger partial charge on any atom is 0.321 e. The second-order valence-corrected chi connectivity index (χ2v) is 4.00. The molecule has 3 nitrogen and oxygen atoms in total. The van der Waals surface area contributed by atoms with Crippen molar-refractivity contribution < 1.29 is 9.90 Å². The second-order valence-electron chi connectivity index (χ2n) is 3.40. The van der Waals surface area contributed by atoms with Gasteiger partial charge in [-0.3, -0.25) is 4.79 Å². The van der Waals surface area contributed by atoms with E-state index in [1.165, 1.54) is 12.8 Å². The highest BCUT2D eigenvalue weighted by molar-refractivity contribution is 7.81. The van der Waals surface area contributed by atoms with Crippen LogP contribution in [-0.2, 0) is 4.79 Å². The molecule has 0 spiro atoms. The summed E-state index contributed by atoms with van der Waals surface area (Å²) in [4.78, 5) is 10.5. The monoisotopic (exact) mass is 189 g/mol. The molecule has 0 aromatic carbocycles. The van der Waals surface area contributed by atoms with E-state index in [0.29, 0.717) is 5.92 Å². The number of hydrogen-bond donors (Lipinski definition) is 3. The highest BCUT2D eigenvalue weighted by atomic mass is 32.1. The molecule has 3 N–H and O–H groups in total. The lowest BCUT2D eigenvalue weighted by Gasteiger charge is -2.21. The molecule has 2 unspecified atom stereocenters. The van der Waals surface area contributed by atoms with E-state index < -0.39 is 12.0 Å². The Morgan fingerprint density at radius 1 is 1.50 bits per heavy atom. The Labute approximate surface area is 77.7 Å². The van der Waals surface area contributed by atoms with E-state index in [2.05, 4.69) is 12.6 Å². The van der Waals surface area contributed by atoms with Crippen molar-refractivity contribution in [2.75, 3.05) is 0 Å². The fourth-order valence-electron chi connectivity index (χ4n) is 1.74. The topological polar surface area (TPSA) is 63.3 Å². The zero-order chi connectivity index (χ0) is 9.14. The largest absolute Gasteiger partial charge is 0.480 e. The number of carboxylic acid groups (broad SMARTS) is 1. The highest BCUT2D eigenvalue weighted by Gasteiger charge is 2.30. The molecular weight excluding hydrogens is 174 g/mol. The van der Waals surface area contributed by atoms with Crippen molar-refractivity contribution >= 4 is 18.6 Å². The Kier molecular flexibility index (Phi) is 3.40. The average molecular weight is 189 g/mol. The third-order valence-corrected chi connectivity index (χ3v) is 3.28. The van der Waals surface area contributed by atoms with E-state index >= 15 is 0 Å². The normalized spacial score (nSPS) is 23.8. The van der Waals surface area contributed by atoms with Crippen LogP contribution in [0.5, 0.6) is 0 Å². The third-order valence-electron chi connectivity index (χ3n) is 2.54. The van der Waals surface area contributed by atoms with Crippen LogP contribution in [0.15, 0.2) is 0 Å². The molecule has 2 atom stereocenters. The number of nitrogens with two attached hydrogens (primary N) is 1. The number of carbonyl (C=O) groups is 1. The maximum absolute atomic E-state index is 10.5. The van der Waals surface area contributed by atoms with Gasteiger partial charge in [0.15, 0.2) is 0 Å². The molecule has 12 heavy (non-hydrogen) atoms. The third kappa shape index (κ3) is 2.14. The van der Waals surface area contributed by atoms with Gasteiger partial charge in [0.2, 0.25) is 0 Å². The number of thiol groups is 1. The van der Waals surface area contributed by atoms with Crippen molar-refractivity contribution in [3.63, 3.8) is 0 Å². The predicted octanol–water partition coefficient (Wildman–Crippen LogP) is 0.887. The first-order valence-corrected chi connectivity index (χ1v) is 4.81. The molecule has 1 aliphatic carbocycles. The van der Waals surface area contributed by atoms with Crippen LogP contribution >= 0.6 is 12.6 Å². The van der Waals surface area contributed by atoms with Crippen LogP contribution in [0.2, 0.25) is 0 Å². The lowest BCUT2D eigenvalue weighted by molar-refractivity contribution is -0.138. The second kappa shape index (κ2) is 4.14. The molecule has 0 aliphatic heterocycles. The van der Waals surface area contributed by atoms with Gasteiger partial charge in [0.25, 0.3) is 0 Å². The van der Waals surface area contributed by atoms with Crippen molar-refractivity contribution in [1.82, 2.24) is 0 Å². The summed E-state index contributed by atoms with van der Waals surface area (Å²) in [5, 5.41) is 8.46. The summed E-state index contributed by atoms with van der Waals surface area (Å²) >= 11 is 4.25. The first-order valence-electron chi connectivity index (χ1n) is 4.29. The Balaban J connectivity index is 2.44. The molecule has 0 bridgehead atoms. The number of aliphatic carboxylic acids is 1. The van der Waals surface area contributed by atoms with E-state index in [1.54, 1.807) is 0 Å². The SMILES string of the molecule is NC(C(=O)O)C(S)C1CCCC1. The van der Waals surface area contributed by atoms with Crippen molar-refractivity contribution in [3.05, 3.63) is 0 Å². The molecule has 1 fully saturated rings. The van der Waals surface area contributed by atoms with Gasteiger partial charge in [0.05, 0.1) is 0 Å². The van der Waals surface area contributed by atoms with Crippen molar-refractivity contribution in [1.29, 1.82) is 0 Å². The summed E-state index contributed by atoms with van der Waals surface area (Å²) in [7, 11) is 0. The summed E-state index contributed by atoms with van der Waals surface area (Å²) in [6, 6.07) is -0.809. The molecule has 4 heteroatoms. The standard InChI is InChI=1S/C8H15NO2S/c9-6(8(10)11)7(12)5-3-1-2-4-5/h5-7,12H,1-4,9H2,(H,10,11). The Morgan fingerprint density at radius 2 is 2.00 bits per heavy atom. The van der Waals surface area contributed by atoms with E-state index in [9.17, 15) is 4.79 Å². The summed E-state index contributed by atoms with van der Waals surface area (Å²) < 4.78 is 0. The van der Waals surface area contributed by atoms with Crippen LogP contribution < -0.4 is 5.73 Å². The van der Waals surface area contributed by atoms with E-state index in [1.807, 2.05) is 0 Å². The smallest absolute Gasteiger partial charge is 0.321 e. The average Bonchev–Trinajstić information content (AvgIpc) is 2.53. The molecule has 1 aliphatic rings. The lowest BCUT2D eigenvalue weighted by atomic mass is 9.98. The van der Waals surface area contributed by atoms with Gasteiger partial charge in [0, 0.05) is 5.25 Å². The van der Waals surface area contributed by atoms with Crippen LogP contribution in [-0.4, -0.2) is 22.4 Å². The van der Waals surface area contributed by atoms with Gasteiger partial charge in [-0.1, -0.05) is 12.8 Å². The van der Waals surface area contributed by atoms with Crippen LogP contribution in [0.4, 0.5) is 0 Å². The molecule has 0 radical (unpaired) electrons. The molecule has 0 heterocycles. The fourth-order valence-corrected chi connectivity index (χ4v) is 2.16. The summed E-state index contributed by atoms with van der Waals surface area (Å²) in [5.74, 6) is -0.540. The number of rotatable bonds is 3. The fraction of sp³-hybridized carbons (Fsp3) is 0.875. The van der Waals surface area contributed by atoms with E-state index in [4.69, 9.17) is 10.8 Å². The van der Waals surface area contributed by atoms with Crippen molar-refractivity contribution in [2.24, 2.45) is 11.7 Å². The van der Waals surface area contributed by atoms with Crippen LogP contribution in [0.3, 0.4) is 0 Å². The molecule has 1 rings (SSSR count). The molecule has 0 aromatic heterocycles. The van der Waals surface area contributed by atoms with Gasteiger partial charge in [-0.2, -0.15) is 12.6 Å². The van der Waals surface area contributed by atoms with E-state index in [-0.39, 0.29) is 5.25 Å². The van der Waals surface area contributed by atoms with Crippen LogP contribution in [0, 0.1) is 5.92 Å². The van der Waals surface area contributed by atoms with E-state index in [0.717, 1.165) is 12.8 Å². The minimum Gasteiger partial charge on any atom is -0.480 e. The molecule has 1 saturated carbocycles. The van der Waals surface area contributed by atoms with Crippen molar-refractivity contribution in [3.8, 4) is 0 Å². The first kappa shape index (κ1) is 9.86. The number of carboxylic acids is 1. The van der Waals surface area contributed by atoms with Crippen LogP contribution in [0.25, 0.3) is 0 Å². The zero-order valence-electron chi connectivity index (χ0n) is 6.94. The zero-order valence-corrected chi connectivity index (χ0v) is 7.83. The Morgan fingerprint density at radius 3 is 2.42 bits per heavy atom. The van der Waals surface area contributed by atoms with Gasteiger partial charge in [-0.15, -0.1) is 0 Å². The molecule has 0 saturated heterocycles. The molecule has 0 aromatic rings. The molecule has 0 amide bonds. The quantitative estimate of drug-likeness (QED) is 0.578. The first-order chi connectivity index (χ1) is 5.63. The highest BCUT2D eigenvalue weighted by Crippen LogP contribution is 2.31. The van der Waals surface area contributed by atoms with Crippen molar-refractivity contribution in [2.45, 2.75) is 37.0 Å². The van der Waals surface area contributed by atoms with Gasteiger partial charge in [0.1, 0.15) is 6.04 Å². The van der Waals surface area contributed by atoms with Crippen LogP contribution in [0.1, 0.15) is 25.7 Å². The Hall–Kier alpha value is -0.220. The Bertz CT molecular complexity index is 168. The summed E-state index contributed by atoms with van der Waals surface area (Å²) in [6.45, 7) is 0. The predicted molar refractivity (Wildman–Crippen MR) is 50.3 cm³/mol. The summed E-state index contributed by atoms with van der Waals surface area (Å²) in [5.41, 5.74) is 5.46. The minimum atomic E-state index is -0.943. The van der Waals surface area contributed by atoms with Gasteiger partial charge in [-0.25, -0.2) is 0 Å².